The van der Waals surface area contributed by atoms with Gasteiger partial charge in [0.25, 0.3) is 5.91 Å². The summed E-state index contributed by atoms with van der Waals surface area (Å²) in [7, 11) is 0. The third-order valence-electron chi connectivity index (χ3n) is 7.07. The summed E-state index contributed by atoms with van der Waals surface area (Å²) < 4.78 is 0. The summed E-state index contributed by atoms with van der Waals surface area (Å²) in [6.07, 6.45) is 6.47. The molecule has 174 valence electrons. The normalized spacial score (nSPS) is 20.0. The second kappa shape index (κ2) is 9.06. The van der Waals surface area contributed by atoms with Crippen LogP contribution in [0, 0.1) is 17.2 Å². The summed E-state index contributed by atoms with van der Waals surface area (Å²) in [5.74, 6) is 1.79. The molecule has 1 saturated heterocycles. The van der Waals surface area contributed by atoms with Crippen molar-refractivity contribution in [1.29, 1.82) is 5.26 Å². The Morgan fingerprint density at radius 2 is 1.74 bits per heavy atom. The van der Waals surface area contributed by atoms with Crippen LogP contribution in [0.4, 0.5) is 0 Å². The molecule has 0 bridgehead atoms. The van der Waals surface area contributed by atoms with Gasteiger partial charge in [-0.05, 0) is 68.7 Å². The van der Waals surface area contributed by atoms with Gasteiger partial charge >= 0.3 is 0 Å². The zero-order valence-electron chi connectivity index (χ0n) is 19.7. The first kappa shape index (κ1) is 22.3. The number of nitrogens with zero attached hydrogens (tertiary/aromatic N) is 4. The largest absolute Gasteiger partial charge is 0.342 e. The number of carbonyl (C=O) groups is 2. The topological polar surface area (TPSA) is 76.8 Å². The SMILES string of the molecule is CCN1C(=O)C2(CC2)N=C1c1ccc(-c2cccc(C#N)c2)cc1.O=C(C1CC1)N1CCCC1. The van der Waals surface area contributed by atoms with Crippen LogP contribution in [0.15, 0.2) is 53.5 Å². The summed E-state index contributed by atoms with van der Waals surface area (Å²) in [5.41, 5.74) is 3.22. The molecular formula is C28H30N4O2. The third-order valence-corrected chi connectivity index (χ3v) is 7.07. The van der Waals surface area contributed by atoms with E-state index < -0.39 is 5.54 Å². The van der Waals surface area contributed by atoms with E-state index in [4.69, 9.17) is 10.3 Å². The second-order valence-corrected chi connectivity index (χ2v) is 9.59. The van der Waals surface area contributed by atoms with E-state index in [1.165, 1.54) is 12.8 Å². The van der Waals surface area contributed by atoms with Crippen molar-refractivity contribution in [2.75, 3.05) is 19.6 Å². The molecule has 1 spiro atoms. The number of benzene rings is 2. The first-order valence-corrected chi connectivity index (χ1v) is 12.4. The molecule has 2 saturated carbocycles. The minimum absolute atomic E-state index is 0.144. The highest BCUT2D eigenvalue weighted by molar-refractivity contribution is 6.16. The molecular weight excluding hydrogens is 424 g/mol. The molecule has 6 heteroatoms. The third kappa shape index (κ3) is 4.35. The molecule has 6 rings (SSSR count). The highest BCUT2D eigenvalue weighted by Crippen LogP contribution is 2.45. The number of hydrogen-bond donors (Lipinski definition) is 0. The summed E-state index contributed by atoms with van der Waals surface area (Å²) in [6.45, 7) is 4.67. The van der Waals surface area contributed by atoms with Gasteiger partial charge in [-0.2, -0.15) is 5.26 Å². The molecule has 0 unspecified atom stereocenters. The monoisotopic (exact) mass is 454 g/mol. The van der Waals surface area contributed by atoms with Crippen LogP contribution in [0.2, 0.25) is 0 Å². The highest BCUT2D eigenvalue weighted by atomic mass is 16.2. The lowest BCUT2D eigenvalue weighted by Gasteiger charge is -2.17. The van der Waals surface area contributed by atoms with Crippen LogP contribution in [-0.4, -0.2) is 52.6 Å². The smallest absolute Gasteiger partial charge is 0.256 e. The van der Waals surface area contributed by atoms with Gasteiger partial charge in [0.05, 0.1) is 11.6 Å². The quantitative estimate of drug-likeness (QED) is 0.688. The zero-order chi connectivity index (χ0) is 23.7. The van der Waals surface area contributed by atoms with Gasteiger partial charge in [0.1, 0.15) is 11.4 Å². The van der Waals surface area contributed by atoms with Gasteiger partial charge in [-0.3, -0.25) is 19.5 Å². The number of aliphatic imine (C=N–C) groups is 1. The van der Waals surface area contributed by atoms with Crippen molar-refractivity contribution >= 4 is 17.6 Å². The lowest BCUT2D eigenvalue weighted by Crippen LogP contribution is -2.36. The highest BCUT2D eigenvalue weighted by Gasteiger charge is 2.56. The number of rotatable bonds is 4. The molecule has 3 fully saturated rings. The minimum Gasteiger partial charge on any atom is -0.342 e. The van der Waals surface area contributed by atoms with Crippen molar-refractivity contribution < 1.29 is 9.59 Å². The maximum atomic E-state index is 12.4. The molecule has 2 aromatic carbocycles. The van der Waals surface area contributed by atoms with Gasteiger partial charge < -0.3 is 4.90 Å². The van der Waals surface area contributed by atoms with E-state index in [1.54, 1.807) is 11.0 Å². The van der Waals surface area contributed by atoms with Crippen LogP contribution < -0.4 is 0 Å². The van der Waals surface area contributed by atoms with E-state index in [9.17, 15) is 9.59 Å². The Hall–Kier alpha value is -3.46. The number of likely N-dealkylation sites (tertiary alicyclic amines) is 1. The van der Waals surface area contributed by atoms with Crippen molar-refractivity contribution in [2.45, 2.75) is 51.0 Å². The van der Waals surface area contributed by atoms with Crippen LogP contribution in [0.1, 0.15) is 56.6 Å². The number of likely N-dealkylation sites (N-methyl/N-ethyl adjacent to an activating group) is 1. The predicted octanol–water partition coefficient (Wildman–Crippen LogP) is 4.39. The van der Waals surface area contributed by atoms with E-state index >= 15 is 0 Å². The van der Waals surface area contributed by atoms with Crippen LogP contribution in [0.25, 0.3) is 11.1 Å². The van der Waals surface area contributed by atoms with Crippen molar-refractivity contribution in [3.05, 3.63) is 59.7 Å². The summed E-state index contributed by atoms with van der Waals surface area (Å²) in [4.78, 5) is 32.3. The zero-order valence-corrected chi connectivity index (χ0v) is 19.7. The first-order chi connectivity index (χ1) is 16.5. The Kier molecular flexibility index (Phi) is 5.95. The van der Waals surface area contributed by atoms with E-state index in [2.05, 4.69) is 6.07 Å². The Morgan fingerprint density at radius 1 is 1.06 bits per heavy atom. The number of amidine groups is 1. The van der Waals surface area contributed by atoms with Crippen LogP contribution in [-0.2, 0) is 9.59 Å². The van der Waals surface area contributed by atoms with Gasteiger partial charge in [0.2, 0.25) is 5.91 Å². The molecule has 2 aliphatic carbocycles. The molecule has 6 nitrogen and oxygen atoms in total. The van der Waals surface area contributed by atoms with Gasteiger partial charge in [-0.25, -0.2) is 0 Å². The van der Waals surface area contributed by atoms with Crippen molar-refractivity contribution in [2.24, 2.45) is 10.9 Å². The molecule has 0 N–H and O–H groups in total. The number of nitriles is 1. The standard InChI is InChI=1S/C20H17N3O.C8H13NO/c1-2-23-18(22-20(10-11-20)19(23)24)16-8-6-15(7-9-16)17-5-3-4-14(12-17)13-21;10-8(7-3-4-7)9-5-1-2-6-9/h3-9,12H,2,10-11H2,1H3;7H,1-6H2. The fourth-order valence-electron chi connectivity index (χ4n) is 4.72. The average molecular weight is 455 g/mol. The second-order valence-electron chi connectivity index (χ2n) is 9.59. The van der Waals surface area contributed by atoms with Gasteiger partial charge in [-0.1, -0.05) is 36.4 Å². The van der Waals surface area contributed by atoms with E-state index in [0.717, 1.165) is 61.3 Å². The number of hydrogen-bond acceptors (Lipinski definition) is 4. The van der Waals surface area contributed by atoms with Gasteiger partial charge in [0, 0.05) is 31.1 Å². The molecule has 2 heterocycles. The molecule has 0 aromatic heterocycles. The summed E-state index contributed by atoms with van der Waals surface area (Å²) in [5, 5.41) is 9.03. The molecule has 0 radical (unpaired) electrons. The lowest BCUT2D eigenvalue weighted by molar-refractivity contribution is -0.131. The number of amides is 2. The maximum absolute atomic E-state index is 12.4. The fourth-order valence-corrected chi connectivity index (χ4v) is 4.72. The van der Waals surface area contributed by atoms with Gasteiger partial charge in [-0.15, -0.1) is 0 Å². The van der Waals surface area contributed by atoms with Crippen molar-refractivity contribution in [3.63, 3.8) is 0 Å². The van der Waals surface area contributed by atoms with Crippen LogP contribution in [0.5, 0.6) is 0 Å². The molecule has 34 heavy (non-hydrogen) atoms. The first-order valence-electron chi connectivity index (χ1n) is 12.4. The Balaban J connectivity index is 0.000000200. The Bertz CT molecular complexity index is 1160. The molecule has 4 aliphatic rings. The lowest BCUT2D eigenvalue weighted by atomic mass is 10.0. The van der Waals surface area contributed by atoms with Crippen molar-refractivity contribution in [3.8, 4) is 17.2 Å². The Labute approximate surface area is 200 Å². The average Bonchev–Trinajstić information content (AvgIpc) is 3.79. The van der Waals surface area contributed by atoms with E-state index in [1.807, 2.05) is 54.3 Å². The van der Waals surface area contributed by atoms with Gasteiger partial charge in [0.15, 0.2) is 0 Å². The minimum atomic E-state index is -0.453. The predicted molar refractivity (Wildman–Crippen MR) is 131 cm³/mol. The van der Waals surface area contributed by atoms with Crippen LogP contribution >= 0.6 is 0 Å². The van der Waals surface area contributed by atoms with Crippen molar-refractivity contribution in [1.82, 2.24) is 9.80 Å². The maximum Gasteiger partial charge on any atom is 0.256 e. The summed E-state index contributed by atoms with van der Waals surface area (Å²) >= 11 is 0. The summed E-state index contributed by atoms with van der Waals surface area (Å²) in [6, 6.07) is 17.8. The molecule has 2 amide bonds. The van der Waals surface area contributed by atoms with E-state index in [-0.39, 0.29) is 5.91 Å². The number of carbonyl (C=O) groups excluding carboxylic acids is 2. The fraction of sp³-hybridized carbons (Fsp3) is 0.429. The molecule has 2 aliphatic heterocycles. The molecule has 0 atom stereocenters. The van der Waals surface area contributed by atoms with Crippen LogP contribution in [0.3, 0.4) is 0 Å². The Morgan fingerprint density at radius 3 is 2.32 bits per heavy atom. The van der Waals surface area contributed by atoms with E-state index in [0.29, 0.717) is 23.9 Å². The molecule has 2 aromatic rings.